The smallest absolute Gasteiger partial charge is 0.225 e. The van der Waals surface area contributed by atoms with Crippen LogP contribution in [0.2, 0.25) is 0 Å². The summed E-state index contributed by atoms with van der Waals surface area (Å²) in [5, 5.41) is 12.5. The van der Waals surface area contributed by atoms with Gasteiger partial charge >= 0.3 is 0 Å². The SMILES string of the molecule is Cc1ccc(CC(=O)NCC(O)c2ccccc2F)s1. The lowest BCUT2D eigenvalue weighted by Crippen LogP contribution is -2.29. The summed E-state index contributed by atoms with van der Waals surface area (Å²) in [7, 11) is 0. The quantitative estimate of drug-likeness (QED) is 0.890. The van der Waals surface area contributed by atoms with Gasteiger partial charge in [-0.05, 0) is 25.1 Å². The minimum Gasteiger partial charge on any atom is -0.386 e. The van der Waals surface area contributed by atoms with Crippen molar-refractivity contribution in [3.05, 3.63) is 57.5 Å². The average Bonchev–Trinajstić information content (AvgIpc) is 2.82. The number of halogens is 1. The number of aryl methyl sites for hydroxylation is 1. The number of hydrogen-bond acceptors (Lipinski definition) is 3. The average molecular weight is 293 g/mol. The van der Waals surface area contributed by atoms with Crippen molar-refractivity contribution in [2.75, 3.05) is 6.54 Å². The zero-order valence-electron chi connectivity index (χ0n) is 11.1. The van der Waals surface area contributed by atoms with E-state index in [0.717, 1.165) is 9.75 Å². The lowest BCUT2D eigenvalue weighted by molar-refractivity contribution is -0.120. The van der Waals surface area contributed by atoms with Gasteiger partial charge in [-0.1, -0.05) is 18.2 Å². The van der Waals surface area contributed by atoms with E-state index in [1.54, 1.807) is 23.5 Å². The van der Waals surface area contributed by atoms with E-state index < -0.39 is 11.9 Å². The van der Waals surface area contributed by atoms with Crippen LogP contribution in [0.15, 0.2) is 36.4 Å². The van der Waals surface area contributed by atoms with Crippen molar-refractivity contribution in [1.82, 2.24) is 5.32 Å². The summed E-state index contributed by atoms with van der Waals surface area (Å²) < 4.78 is 13.4. The van der Waals surface area contributed by atoms with Gasteiger partial charge in [0.15, 0.2) is 0 Å². The number of benzene rings is 1. The number of carbonyl (C=O) groups is 1. The Morgan fingerprint density at radius 2 is 2.10 bits per heavy atom. The molecule has 0 radical (unpaired) electrons. The molecule has 0 aliphatic rings. The molecule has 1 amide bonds. The van der Waals surface area contributed by atoms with E-state index in [2.05, 4.69) is 5.32 Å². The Bertz CT molecular complexity index is 597. The molecule has 0 bridgehead atoms. The Morgan fingerprint density at radius 3 is 2.75 bits per heavy atom. The van der Waals surface area contributed by atoms with E-state index in [4.69, 9.17) is 0 Å². The fourth-order valence-corrected chi connectivity index (χ4v) is 2.76. The molecule has 0 spiro atoms. The summed E-state index contributed by atoms with van der Waals surface area (Å²) in [6, 6.07) is 9.87. The summed E-state index contributed by atoms with van der Waals surface area (Å²) in [6.45, 7) is 1.98. The van der Waals surface area contributed by atoms with Crippen LogP contribution in [0.25, 0.3) is 0 Å². The lowest BCUT2D eigenvalue weighted by Gasteiger charge is -2.12. The van der Waals surface area contributed by atoms with Gasteiger partial charge in [0.05, 0.1) is 12.5 Å². The summed E-state index contributed by atoms with van der Waals surface area (Å²) in [6.07, 6.45) is -0.757. The Hall–Kier alpha value is -1.72. The number of carbonyl (C=O) groups excluding carboxylic acids is 1. The minimum absolute atomic E-state index is 0.00409. The first-order valence-corrected chi connectivity index (χ1v) is 7.12. The first-order chi connectivity index (χ1) is 9.56. The van der Waals surface area contributed by atoms with Crippen LogP contribution < -0.4 is 5.32 Å². The third-order valence-electron chi connectivity index (χ3n) is 2.89. The molecule has 20 heavy (non-hydrogen) atoms. The molecule has 1 unspecified atom stereocenters. The van der Waals surface area contributed by atoms with Crippen molar-refractivity contribution >= 4 is 17.2 Å². The van der Waals surface area contributed by atoms with E-state index in [0.29, 0.717) is 0 Å². The molecule has 1 heterocycles. The Labute approximate surface area is 121 Å². The van der Waals surface area contributed by atoms with Crippen molar-refractivity contribution in [3.63, 3.8) is 0 Å². The summed E-state index contributed by atoms with van der Waals surface area (Å²) in [5.74, 6) is -0.648. The number of hydrogen-bond donors (Lipinski definition) is 2. The molecular formula is C15H16FNO2S. The maximum Gasteiger partial charge on any atom is 0.225 e. The zero-order chi connectivity index (χ0) is 14.5. The van der Waals surface area contributed by atoms with Crippen LogP contribution in [0.1, 0.15) is 21.4 Å². The van der Waals surface area contributed by atoms with Crippen molar-refractivity contribution in [1.29, 1.82) is 0 Å². The van der Waals surface area contributed by atoms with Crippen LogP contribution in [-0.2, 0) is 11.2 Å². The monoisotopic (exact) mass is 293 g/mol. The van der Waals surface area contributed by atoms with Crippen molar-refractivity contribution < 1.29 is 14.3 Å². The van der Waals surface area contributed by atoms with Gasteiger partial charge in [-0.3, -0.25) is 4.79 Å². The molecule has 1 aromatic carbocycles. The largest absolute Gasteiger partial charge is 0.386 e. The molecule has 0 fully saturated rings. The second kappa shape index (κ2) is 6.63. The normalized spacial score (nSPS) is 12.2. The standard InChI is InChI=1S/C15H16FNO2S/c1-10-6-7-11(20-10)8-15(19)17-9-14(18)12-4-2-3-5-13(12)16/h2-7,14,18H,8-9H2,1H3,(H,17,19). The van der Waals surface area contributed by atoms with E-state index in [1.165, 1.54) is 12.1 Å². The molecule has 106 valence electrons. The molecule has 2 aromatic rings. The first kappa shape index (κ1) is 14.7. The van der Waals surface area contributed by atoms with E-state index in [9.17, 15) is 14.3 Å². The molecule has 1 aromatic heterocycles. The molecule has 0 saturated heterocycles. The number of nitrogens with one attached hydrogen (secondary N) is 1. The van der Waals surface area contributed by atoms with Gasteiger partial charge in [0.2, 0.25) is 5.91 Å². The molecule has 0 aliphatic heterocycles. The maximum absolute atomic E-state index is 13.4. The molecule has 0 saturated carbocycles. The second-order valence-electron chi connectivity index (χ2n) is 4.53. The van der Waals surface area contributed by atoms with Gasteiger partial charge in [0.25, 0.3) is 0 Å². The fraction of sp³-hybridized carbons (Fsp3) is 0.267. The molecule has 3 nitrogen and oxygen atoms in total. The van der Waals surface area contributed by atoms with Crippen molar-refractivity contribution in [2.45, 2.75) is 19.4 Å². The predicted molar refractivity (Wildman–Crippen MR) is 77.1 cm³/mol. The minimum atomic E-state index is -1.04. The van der Waals surface area contributed by atoms with Gasteiger partial charge in [0.1, 0.15) is 5.82 Å². The summed E-state index contributed by atoms with van der Waals surface area (Å²) >= 11 is 1.57. The molecule has 1 atom stereocenters. The molecule has 2 N–H and O–H groups in total. The Morgan fingerprint density at radius 1 is 1.35 bits per heavy atom. The Kier molecular flexibility index (Phi) is 4.87. The van der Waals surface area contributed by atoms with E-state index in [1.807, 2.05) is 19.1 Å². The number of rotatable bonds is 5. The summed E-state index contributed by atoms with van der Waals surface area (Å²) in [4.78, 5) is 13.9. The van der Waals surface area contributed by atoms with Crippen LogP contribution in [0.5, 0.6) is 0 Å². The Balaban J connectivity index is 1.85. The van der Waals surface area contributed by atoms with Gasteiger partial charge in [0, 0.05) is 21.9 Å². The highest BCUT2D eigenvalue weighted by molar-refractivity contribution is 7.12. The van der Waals surface area contributed by atoms with Gasteiger partial charge in [-0.15, -0.1) is 11.3 Å². The number of aliphatic hydroxyl groups is 1. The van der Waals surface area contributed by atoms with Gasteiger partial charge in [-0.25, -0.2) is 4.39 Å². The molecule has 0 aliphatic carbocycles. The van der Waals surface area contributed by atoms with Gasteiger partial charge in [-0.2, -0.15) is 0 Å². The van der Waals surface area contributed by atoms with Crippen molar-refractivity contribution in [2.24, 2.45) is 0 Å². The van der Waals surface area contributed by atoms with Gasteiger partial charge < -0.3 is 10.4 Å². The fourth-order valence-electron chi connectivity index (χ4n) is 1.87. The van der Waals surface area contributed by atoms with Crippen LogP contribution in [0.3, 0.4) is 0 Å². The molecule has 5 heteroatoms. The second-order valence-corrected chi connectivity index (χ2v) is 5.90. The predicted octanol–water partition coefficient (Wildman–Crippen LogP) is 2.59. The zero-order valence-corrected chi connectivity index (χ0v) is 11.9. The highest BCUT2D eigenvalue weighted by atomic mass is 32.1. The van der Waals surface area contributed by atoms with E-state index in [-0.39, 0.29) is 24.4 Å². The third kappa shape index (κ3) is 3.88. The first-order valence-electron chi connectivity index (χ1n) is 6.31. The molecule has 2 rings (SSSR count). The van der Waals surface area contributed by atoms with Crippen LogP contribution in [0, 0.1) is 12.7 Å². The number of aliphatic hydroxyl groups excluding tert-OH is 1. The topological polar surface area (TPSA) is 49.3 Å². The van der Waals surface area contributed by atoms with Crippen LogP contribution >= 0.6 is 11.3 Å². The maximum atomic E-state index is 13.4. The van der Waals surface area contributed by atoms with E-state index >= 15 is 0 Å². The molecular weight excluding hydrogens is 277 g/mol. The van der Waals surface area contributed by atoms with Crippen LogP contribution in [0.4, 0.5) is 4.39 Å². The lowest BCUT2D eigenvalue weighted by atomic mass is 10.1. The number of thiophene rings is 1. The highest BCUT2D eigenvalue weighted by Gasteiger charge is 2.13. The summed E-state index contributed by atoms with van der Waals surface area (Å²) in [5.41, 5.74) is 0.194. The third-order valence-corrected chi connectivity index (χ3v) is 3.89. The number of amides is 1. The highest BCUT2D eigenvalue weighted by Crippen LogP contribution is 2.17. The van der Waals surface area contributed by atoms with Crippen LogP contribution in [-0.4, -0.2) is 17.6 Å². The van der Waals surface area contributed by atoms with Crippen molar-refractivity contribution in [3.8, 4) is 0 Å².